The van der Waals surface area contributed by atoms with E-state index in [0.29, 0.717) is 16.8 Å². The van der Waals surface area contributed by atoms with Crippen molar-refractivity contribution in [1.82, 2.24) is 5.16 Å². The summed E-state index contributed by atoms with van der Waals surface area (Å²) in [5.41, 5.74) is 8.93. The van der Waals surface area contributed by atoms with E-state index >= 15 is 0 Å². The van der Waals surface area contributed by atoms with E-state index in [0.717, 1.165) is 16.9 Å². The Hall–Kier alpha value is -1.85. The van der Waals surface area contributed by atoms with E-state index in [4.69, 9.17) is 21.9 Å². The van der Waals surface area contributed by atoms with Gasteiger partial charge in [-0.25, -0.2) is 4.39 Å². The fraction of sp³-hybridized carbons (Fsp3) is 0.133. The standard InChI is InChI=1S/C15H12ClFN2OS/c1-2-8-5-6-21-14(8)13-12(15(18)20-19-13)10-4-3-9(17)7-11(10)16/h3-7H,2,18H2,1H3. The quantitative estimate of drug-likeness (QED) is 0.737. The molecule has 0 bridgehead atoms. The molecule has 6 heteroatoms. The van der Waals surface area contributed by atoms with E-state index in [1.165, 1.54) is 12.1 Å². The largest absolute Gasteiger partial charge is 0.367 e. The van der Waals surface area contributed by atoms with Gasteiger partial charge in [-0.15, -0.1) is 11.3 Å². The lowest BCUT2D eigenvalue weighted by Gasteiger charge is -2.05. The molecule has 21 heavy (non-hydrogen) atoms. The van der Waals surface area contributed by atoms with Gasteiger partial charge in [0.05, 0.1) is 15.5 Å². The fourth-order valence-electron chi connectivity index (χ4n) is 2.23. The molecule has 3 rings (SSSR count). The lowest BCUT2D eigenvalue weighted by Crippen LogP contribution is -1.90. The summed E-state index contributed by atoms with van der Waals surface area (Å²) in [5, 5.41) is 6.34. The van der Waals surface area contributed by atoms with Crippen LogP contribution in [0.15, 0.2) is 34.2 Å². The molecular formula is C15H12ClFN2OS. The SMILES string of the molecule is CCc1ccsc1-c1noc(N)c1-c1ccc(F)cc1Cl. The Bertz CT molecular complexity index is 797. The van der Waals surface area contributed by atoms with Crippen LogP contribution in [-0.4, -0.2) is 5.16 Å². The highest BCUT2D eigenvalue weighted by atomic mass is 35.5. The summed E-state index contributed by atoms with van der Waals surface area (Å²) in [4.78, 5) is 0.994. The molecule has 2 N–H and O–H groups in total. The summed E-state index contributed by atoms with van der Waals surface area (Å²) in [6.07, 6.45) is 0.877. The van der Waals surface area contributed by atoms with Crippen LogP contribution in [0.5, 0.6) is 0 Å². The Balaban J connectivity index is 2.22. The molecule has 0 atom stereocenters. The van der Waals surface area contributed by atoms with Gasteiger partial charge >= 0.3 is 0 Å². The van der Waals surface area contributed by atoms with Gasteiger partial charge < -0.3 is 10.3 Å². The maximum absolute atomic E-state index is 13.2. The number of hydrogen-bond acceptors (Lipinski definition) is 4. The molecule has 3 aromatic rings. The molecule has 0 saturated carbocycles. The number of aryl methyl sites for hydroxylation is 1. The Morgan fingerprint density at radius 1 is 1.38 bits per heavy atom. The minimum atomic E-state index is -0.398. The first-order valence-corrected chi connectivity index (χ1v) is 7.65. The summed E-state index contributed by atoms with van der Waals surface area (Å²) in [5.74, 6) is -0.223. The number of hydrogen-bond donors (Lipinski definition) is 1. The Labute approximate surface area is 130 Å². The molecule has 0 aliphatic heterocycles. The third-order valence-corrected chi connectivity index (χ3v) is 4.54. The molecule has 0 fully saturated rings. The average Bonchev–Trinajstić information content (AvgIpc) is 3.05. The predicted octanol–water partition coefficient (Wildman–Crippen LogP) is 5.01. The molecule has 3 nitrogen and oxygen atoms in total. The van der Waals surface area contributed by atoms with Gasteiger partial charge in [0.15, 0.2) is 0 Å². The zero-order valence-corrected chi connectivity index (χ0v) is 12.8. The van der Waals surface area contributed by atoms with Crippen molar-refractivity contribution in [2.75, 3.05) is 5.73 Å². The van der Waals surface area contributed by atoms with Crippen molar-refractivity contribution in [1.29, 1.82) is 0 Å². The second-order valence-electron chi connectivity index (χ2n) is 4.52. The van der Waals surface area contributed by atoms with E-state index in [-0.39, 0.29) is 10.9 Å². The zero-order chi connectivity index (χ0) is 15.0. The van der Waals surface area contributed by atoms with Crippen molar-refractivity contribution in [2.24, 2.45) is 0 Å². The van der Waals surface area contributed by atoms with Crippen LogP contribution in [0, 0.1) is 5.82 Å². The number of halogens is 2. The number of nitrogens with zero attached hydrogens (tertiary/aromatic N) is 1. The van der Waals surface area contributed by atoms with Gasteiger partial charge in [0.25, 0.3) is 0 Å². The number of anilines is 1. The number of thiophene rings is 1. The molecule has 0 saturated heterocycles. The minimum absolute atomic E-state index is 0.175. The Kier molecular flexibility index (Phi) is 3.69. The highest BCUT2D eigenvalue weighted by molar-refractivity contribution is 7.13. The molecule has 1 aromatic carbocycles. The Morgan fingerprint density at radius 3 is 2.90 bits per heavy atom. The van der Waals surface area contributed by atoms with Gasteiger partial charge in [0, 0.05) is 5.56 Å². The molecule has 2 aromatic heterocycles. The van der Waals surface area contributed by atoms with Gasteiger partial charge in [0.2, 0.25) is 5.88 Å². The Morgan fingerprint density at radius 2 is 2.19 bits per heavy atom. The molecule has 0 unspecified atom stereocenters. The third kappa shape index (κ3) is 2.43. The van der Waals surface area contributed by atoms with Gasteiger partial charge in [-0.1, -0.05) is 23.7 Å². The number of benzene rings is 1. The van der Waals surface area contributed by atoms with Gasteiger partial charge in [-0.05, 0) is 41.6 Å². The summed E-state index contributed by atoms with van der Waals surface area (Å²) < 4.78 is 18.4. The lowest BCUT2D eigenvalue weighted by molar-refractivity contribution is 0.439. The first kappa shape index (κ1) is 14.1. The topological polar surface area (TPSA) is 52.0 Å². The molecule has 108 valence electrons. The summed E-state index contributed by atoms with van der Waals surface area (Å²) >= 11 is 7.70. The predicted molar refractivity (Wildman–Crippen MR) is 84.0 cm³/mol. The van der Waals surface area contributed by atoms with Crippen LogP contribution >= 0.6 is 22.9 Å². The van der Waals surface area contributed by atoms with E-state index in [9.17, 15) is 4.39 Å². The molecule has 0 amide bonds. The molecule has 2 heterocycles. The van der Waals surface area contributed by atoms with Crippen LogP contribution in [0.3, 0.4) is 0 Å². The van der Waals surface area contributed by atoms with Crippen LogP contribution in [0.2, 0.25) is 5.02 Å². The first-order chi connectivity index (χ1) is 10.1. The molecular weight excluding hydrogens is 311 g/mol. The monoisotopic (exact) mass is 322 g/mol. The summed E-state index contributed by atoms with van der Waals surface area (Å²) in [7, 11) is 0. The van der Waals surface area contributed by atoms with Crippen LogP contribution in [0.4, 0.5) is 10.3 Å². The smallest absolute Gasteiger partial charge is 0.230 e. The van der Waals surface area contributed by atoms with E-state index in [1.807, 2.05) is 11.4 Å². The van der Waals surface area contributed by atoms with Crippen molar-refractivity contribution in [3.05, 3.63) is 46.0 Å². The van der Waals surface area contributed by atoms with Crippen molar-refractivity contribution in [3.8, 4) is 21.7 Å². The highest BCUT2D eigenvalue weighted by Gasteiger charge is 2.22. The normalized spacial score (nSPS) is 11.0. The van der Waals surface area contributed by atoms with E-state index in [1.54, 1.807) is 17.4 Å². The van der Waals surface area contributed by atoms with Crippen molar-refractivity contribution in [2.45, 2.75) is 13.3 Å². The van der Waals surface area contributed by atoms with Crippen molar-refractivity contribution in [3.63, 3.8) is 0 Å². The lowest BCUT2D eigenvalue weighted by atomic mass is 10.0. The van der Waals surface area contributed by atoms with Crippen LogP contribution in [-0.2, 0) is 6.42 Å². The van der Waals surface area contributed by atoms with E-state index < -0.39 is 5.82 Å². The maximum atomic E-state index is 13.2. The highest BCUT2D eigenvalue weighted by Crippen LogP contribution is 2.42. The summed E-state index contributed by atoms with van der Waals surface area (Å²) in [6.45, 7) is 2.07. The second kappa shape index (κ2) is 5.50. The number of aromatic nitrogens is 1. The molecule has 0 radical (unpaired) electrons. The molecule has 0 aliphatic carbocycles. The fourth-order valence-corrected chi connectivity index (χ4v) is 3.48. The maximum Gasteiger partial charge on any atom is 0.230 e. The van der Waals surface area contributed by atoms with Crippen LogP contribution in [0.25, 0.3) is 21.7 Å². The molecule has 0 spiro atoms. The first-order valence-electron chi connectivity index (χ1n) is 6.39. The minimum Gasteiger partial charge on any atom is -0.367 e. The number of nitrogen functional groups attached to an aromatic ring is 1. The van der Waals surface area contributed by atoms with Gasteiger partial charge in [-0.3, -0.25) is 0 Å². The van der Waals surface area contributed by atoms with Crippen molar-refractivity contribution >= 4 is 28.8 Å². The second-order valence-corrected chi connectivity index (χ2v) is 5.85. The molecule has 0 aliphatic rings. The van der Waals surface area contributed by atoms with Crippen molar-refractivity contribution < 1.29 is 8.91 Å². The third-order valence-electron chi connectivity index (χ3n) is 3.26. The summed E-state index contributed by atoms with van der Waals surface area (Å²) in [6, 6.07) is 6.22. The zero-order valence-electron chi connectivity index (χ0n) is 11.2. The van der Waals surface area contributed by atoms with Crippen LogP contribution < -0.4 is 5.73 Å². The van der Waals surface area contributed by atoms with Gasteiger partial charge in [-0.2, -0.15) is 0 Å². The number of rotatable bonds is 3. The van der Waals surface area contributed by atoms with Gasteiger partial charge in [0.1, 0.15) is 11.5 Å². The van der Waals surface area contributed by atoms with E-state index in [2.05, 4.69) is 12.1 Å². The average molecular weight is 323 g/mol. The number of nitrogens with two attached hydrogens (primary N) is 1. The van der Waals surface area contributed by atoms with Crippen LogP contribution in [0.1, 0.15) is 12.5 Å².